The Morgan fingerprint density at radius 2 is 1.53 bits per heavy atom. The lowest BCUT2D eigenvalue weighted by Crippen LogP contribution is -2.55. The number of benzene rings is 2. The lowest BCUT2D eigenvalue weighted by atomic mass is 9.57. The molecule has 176 valence electrons. The number of methoxy groups -OCH3 is 2. The van der Waals surface area contributed by atoms with E-state index in [9.17, 15) is 25.0 Å². The van der Waals surface area contributed by atoms with Crippen LogP contribution >= 0.6 is 23.2 Å². The first-order valence-corrected chi connectivity index (χ1v) is 10.6. The third kappa shape index (κ3) is 3.95. The van der Waals surface area contributed by atoms with E-state index in [0.717, 1.165) is 14.2 Å². The SMILES string of the molecule is COC(=O)C1=C(N)C(C#N)(C(=O)OC)C(c2ccc(Cl)cc2)C([N+](=O)[O-])C1c1ccc(Cl)cc1. The fourth-order valence-electron chi connectivity index (χ4n) is 4.48. The van der Waals surface area contributed by atoms with Crippen LogP contribution in [-0.4, -0.2) is 37.1 Å². The van der Waals surface area contributed by atoms with Crippen LogP contribution in [0, 0.1) is 26.9 Å². The number of nitrogens with two attached hydrogens (primary N) is 1. The van der Waals surface area contributed by atoms with E-state index in [2.05, 4.69) is 0 Å². The third-order valence-corrected chi connectivity index (χ3v) is 6.47. The van der Waals surface area contributed by atoms with Gasteiger partial charge in [0, 0.05) is 15.0 Å². The third-order valence-electron chi connectivity index (χ3n) is 5.97. The van der Waals surface area contributed by atoms with Crippen molar-refractivity contribution in [2.75, 3.05) is 14.2 Å². The highest BCUT2D eigenvalue weighted by Gasteiger charge is 2.65. The molecule has 11 heteroatoms. The van der Waals surface area contributed by atoms with Gasteiger partial charge >= 0.3 is 11.9 Å². The average molecular weight is 504 g/mol. The van der Waals surface area contributed by atoms with Crippen LogP contribution in [0.2, 0.25) is 10.0 Å². The molecule has 0 bridgehead atoms. The highest BCUT2D eigenvalue weighted by molar-refractivity contribution is 6.30. The number of carbonyl (C=O) groups excluding carboxylic acids is 2. The van der Waals surface area contributed by atoms with Gasteiger partial charge in [-0.15, -0.1) is 0 Å². The molecule has 1 aliphatic carbocycles. The van der Waals surface area contributed by atoms with Crippen LogP contribution in [0.1, 0.15) is 23.0 Å². The van der Waals surface area contributed by atoms with Crippen LogP contribution in [0.25, 0.3) is 0 Å². The zero-order valence-corrected chi connectivity index (χ0v) is 19.5. The van der Waals surface area contributed by atoms with Gasteiger partial charge in [-0.05, 0) is 35.4 Å². The number of rotatable bonds is 5. The molecule has 0 spiro atoms. The van der Waals surface area contributed by atoms with E-state index in [1.54, 1.807) is 0 Å². The van der Waals surface area contributed by atoms with Crippen molar-refractivity contribution in [3.63, 3.8) is 0 Å². The van der Waals surface area contributed by atoms with Gasteiger partial charge in [0.05, 0.1) is 43.4 Å². The van der Waals surface area contributed by atoms with Crippen molar-refractivity contribution in [1.29, 1.82) is 5.26 Å². The van der Waals surface area contributed by atoms with E-state index in [1.165, 1.54) is 48.5 Å². The van der Waals surface area contributed by atoms with Crippen molar-refractivity contribution in [2.45, 2.75) is 17.9 Å². The number of carbonyl (C=O) groups is 2. The first kappa shape index (κ1) is 25.0. The summed E-state index contributed by atoms with van der Waals surface area (Å²) in [5.74, 6) is -4.87. The van der Waals surface area contributed by atoms with Gasteiger partial charge in [0.1, 0.15) is 0 Å². The van der Waals surface area contributed by atoms with Crippen molar-refractivity contribution < 1.29 is 24.0 Å². The number of hydrogen-bond donors (Lipinski definition) is 1. The quantitative estimate of drug-likeness (QED) is 0.369. The van der Waals surface area contributed by atoms with Crippen molar-refractivity contribution >= 4 is 35.1 Å². The summed E-state index contributed by atoms with van der Waals surface area (Å²) >= 11 is 12.0. The Morgan fingerprint density at radius 3 is 1.94 bits per heavy atom. The van der Waals surface area contributed by atoms with Crippen molar-refractivity contribution in [3.8, 4) is 6.07 Å². The molecule has 2 aromatic rings. The van der Waals surface area contributed by atoms with Crippen LogP contribution in [0.3, 0.4) is 0 Å². The zero-order chi connectivity index (χ0) is 25.2. The number of halogens is 2. The monoisotopic (exact) mass is 503 g/mol. The van der Waals surface area contributed by atoms with E-state index in [0.29, 0.717) is 15.6 Å². The van der Waals surface area contributed by atoms with Gasteiger partial charge in [-0.25, -0.2) is 9.59 Å². The maximum Gasteiger partial charge on any atom is 0.336 e. The molecule has 0 radical (unpaired) electrons. The standard InChI is InChI=1S/C23H19Cl2N3O6/c1-33-21(29)17-16(12-3-7-14(24)8-4-12)19(28(31)32)18(13-5-9-15(25)10-6-13)23(11-26,20(17)27)22(30)34-2/h3-10,16,18-19H,27H2,1-2H3. The van der Waals surface area contributed by atoms with E-state index in [-0.39, 0.29) is 11.1 Å². The minimum atomic E-state index is -2.40. The molecule has 4 unspecified atom stereocenters. The Morgan fingerprint density at radius 1 is 1.03 bits per heavy atom. The molecule has 0 aromatic heterocycles. The largest absolute Gasteiger partial charge is 0.468 e. The van der Waals surface area contributed by atoms with Crippen LogP contribution in [0.15, 0.2) is 59.8 Å². The fourth-order valence-corrected chi connectivity index (χ4v) is 4.73. The van der Waals surface area contributed by atoms with Gasteiger partial charge in [0.15, 0.2) is 0 Å². The molecule has 0 heterocycles. The topological polar surface area (TPSA) is 146 Å². The molecule has 34 heavy (non-hydrogen) atoms. The van der Waals surface area contributed by atoms with Gasteiger partial charge in [0.2, 0.25) is 11.5 Å². The second-order valence-corrected chi connectivity index (χ2v) is 8.44. The number of ether oxygens (including phenoxy) is 2. The predicted octanol–water partition coefficient (Wildman–Crippen LogP) is 3.59. The molecule has 0 amide bonds. The summed E-state index contributed by atoms with van der Waals surface area (Å²) in [5.41, 5.74) is 3.70. The van der Waals surface area contributed by atoms with E-state index in [1.807, 2.05) is 6.07 Å². The first-order chi connectivity index (χ1) is 16.1. The van der Waals surface area contributed by atoms with Gasteiger partial charge in [-0.2, -0.15) is 5.26 Å². The minimum absolute atomic E-state index is 0.240. The van der Waals surface area contributed by atoms with Crippen LogP contribution in [0.5, 0.6) is 0 Å². The van der Waals surface area contributed by atoms with E-state index >= 15 is 0 Å². The highest BCUT2D eigenvalue weighted by atomic mass is 35.5. The van der Waals surface area contributed by atoms with Crippen molar-refractivity contribution in [1.82, 2.24) is 0 Å². The van der Waals surface area contributed by atoms with Gasteiger partial charge < -0.3 is 15.2 Å². The summed E-state index contributed by atoms with van der Waals surface area (Å²) in [6.07, 6.45) is 0. The Hall–Kier alpha value is -3.61. The summed E-state index contributed by atoms with van der Waals surface area (Å²) in [7, 11) is 2.10. The van der Waals surface area contributed by atoms with Gasteiger partial charge in [-0.1, -0.05) is 47.5 Å². The number of nitriles is 1. The van der Waals surface area contributed by atoms with Crippen molar-refractivity contribution in [2.24, 2.45) is 11.1 Å². The summed E-state index contributed by atoms with van der Waals surface area (Å²) in [4.78, 5) is 38.0. The first-order valence-electron chi connectivity index (χ1n) is 9.86. The molecule has 2 N–H and O–H groups in total. The second-order valence-electron chi connectivity index (χ2n) is 7.56. The summed E-state index contributed by atoms with van der Waals surface area (Å²) < 4.78 is 9.75. The Bertz CT molecular complexity index is 1210. The van der Waals surface area contributed by atoms with Crippen LogP contribution in [0.4, 0.5) is 0 Å². The number of nitrogens with zero attached hydrogens (tertiary/aromatic N) is 2. The Kier molecular flexibility index (Phi) is 7.15. The van der Waals surface area contributed by atoms with Crippen molar-refractivity contribution in [3.05, 3.63) is 91.1 Å². The average Bonchev–Trinajstić information content (AvgIpc) is 2.83. The molecule has 3 rings (SSSR count). The molecule has 9 nitrogen and oxygen atoms in total. The Labute approximate surface area is 204 Å². The highest BCUT2D eigenvalue weighted by Crippen LogP contribution is 2.55. The molecule has 2 aromatic carbocycles. The lowest BCUT2D eigenvalue weighted by molar-refractivity contribution is -0.532. The van der Waals surface area contributed by atoms with E-state index < -0.39 is 45.9 Å². The van der Waals surface area contributed by atoms with Crippen LogP contribution < -0.4 is 5.73 Å². The second kappa shape index (κ2) is 9.71. The minimum Gasteiger partial charge on any atom is -0.468 e. The zero-order valence-electron chi connectivity index (χ0n) is 18.0. The number of nitro groups is 1. The molecular formula is C23H19Cl2N3O6. The molecule has 4 atom stereocenters. The predicted molar refractivity (Wildman–Crippen MR) is 122 cm³/mol. The summed E-state index contributed by atoms with van der Waals surface area (Å²) in [6, 6.07) is 12.0. The van der Waals surface area contributed by atoms with Gasteiger partial charge in [0.25, 0.3) is 0 Å². The van der Waals surface area contributed by atoms with Gasteiger partial charge in [-0.3, -0.25) is 10.1 Å². The molecule has 1 aliphatic rings. The molecule has 0 saturated heterocycles. The summed E-state index contributed by atoms with van der Waals surface area (Å²) in [5, 5.41) is 23.6. The number of esters is 2. The molecule has 0 saturated carbocycles. The number of hydrogen-bond acceptors (Lipinski definition) is 8. The maximum atomic E-state index is 13.1. The fraction of sp³-hybridized carbons (Fsp3) is 0.261. The molecule has 0 fully saturated rings. The molecular weight excluding hydrogens is 485 g/mol. The van der Waals surface area contributed by atoms with Crippen LogP contribution in [-0.2, 0) is 19.1 Å². The Balaban J connectivity index is 2.50. The summed E-state index contributed by atoms with van der Waals surface area (Å²) in [6.45, 7) is 0. The lowest BCUT2D eigenvalue weighted by Gasteiger charge is -2.42. The smallest absolute Gasteiger partial charge is 0.336 e. The normalized spacial score (nSPS) is 24.1. The maximum absolute atomic E-state index is 13.1. The van der Waals surface area contributed by atoms with E-state index in [4.69, 9.17) is 38.4 Å². The molecule has 0 aliphatic heterocycles.